The molecule has 0 aromatic heterocycles. The summed E-state index contributed by atoms with van der Waals surface area (Å²) in [7, 11) is -31.8. The van der Waals surface area contributed by atoms with Crippen molar-refractivity contribution in [2.45, 2.75) is 130 Å². The minimum Gasteiger partial charge on any atom is -0.329 e. The van der Waals surface area contributed by atoms with Crippen molar-refractivity contribution in [3.63, 3.8) is 0 Å². The first-order valence-electron chi connectivity index (χ1n) is 13.5. The van der Waals surface area contributed by atoms with Gasteiger partial charge in [0.25, 0.3) is 0 Å². The molecule has 1 fully saturated rings. The van der Waals surface area contributed by atoms with Crippen molar-refractivity contribution in [3.05, 3.63) is 0 Å². The molecular formula is C20H52O12P4Si4. The summed E-state index contributed by atoms with van der Waals surface area (Å²) in [6.07, 6.45) is 0. The number of rotatable bonds is 12. The third-order valence-electron chi connectivity index (χ3n) is 7.75. The second-order valence-electron chi connectivity index (χ2n) is 13.5. The maximum Gasteiger partial charge on any atom is 0.482 e. The molecule has 1 aliphatic heterocycles. The fourth-order valence-electron chi connectivity index (χ4n) is 2.26. The Morgan fingerprint density at radius 2 is 0.500 bits per heavy atom. The molecular weight excluding hydrogens is 668 g/mol. The predicted molar refractivity (Wildman–Crippen MR) is 169 cm³/mol. The minimum atomic E-state index is -5.05. The molecule has 0 atom stereocenters. The van der Waals surface area contributed by atoms with E-state index in [4.69, 9.17) is 34.1 Å². The van der Waals surface area contributed by atoms with Gasteiger partial charge >= 0.3 is 31.3 Å². The van der Waals surface area contributed by atoms with Crippen LogP contribution in [-0.4, -0.2) is 33.3 Å². The van der Waals surface area contributed by atoms with Crippen LogP contribution in [0.3, 0.4) is 0 Å². The van der Waals surface area contributed by atoms with Crippen LogP contribution in [-0.2, 0) is 52.4 Å². The molecule has 0 saturated carbocycles. The largest absolute Gasteiger partial charge is 0.482 e. The molecule has 0 aromatic rings. The molecule has 0 aromatic carbocycles. The van der Waals surface area contributed by atoms with Crippen molar-refractivity contribution in [1.82, 2.24) is 0 Å². The van der Waals surface area contributed by atoms with Crippen LogP contribution in [0.5, 0.6) is 0 Å². The Balaban J connectivity index is 3.93. The third-order valence-corrected chi connectivity index (χ3v) is 36.4. The molecule has 20 heteroatoms. The van der Waals surface area contributed by atoms with E-state index in [9.17, 15) is 18.3 Å². The Labute approximate surface area is 246 Å². The maximum absolute atomic E-state index is 14.3. The lowest BCUT2D eigenvalue weighted by Crippen LogP contribution is -2.37. The van der Waals surface area contributed by atoms with E-state index in [2.05, 4.69) is 0 Å². The van der Waals surface area contributed by atoms with E-state index in [-0.39, 0.29) is 22.2 Å². The van der Waals surface area contributed by atoms with Gasteiger partial charge in [-0.05, 0) is 74.5 Å². The van der Waals surface area contributed by atoms with Gasteiger partial charge in [0.15, 0.2) is 0 Å². The molecule has 0 bridgehead atoms. The van der Waals surface area contributed by atoms with E-state index >= 15 is 0 Å². The van der Waals surface area contributed by atoms with E-state index < -0.39 is 64.6 Å². The quantitative estimate of drug-likeness (QED) is 0.140. The molecule has 1 heterocycles. The van der Waals surface area contributed by atoms with Crippen LogP contribution in [0.4, 0.5) is 0 Å². The normalized spacial score (nSPS) is 31.7. The molecule has 0 unspecified atom stereocenters. The summed E-state index contributed by atoms with van der Waals surface area (Å²) in [5, 5.41) is 0. The summed E-state index contributed by atoms with van der Waals surface area (Å²) < 4.78 is 103. The van der Waals surface area contributed by atoms with Crippen LogP contribution in [0.2, 0.25) is 74.5 Å². The third kappa shape index (κ3) is 10.8. The van der Waals surface area contributed by atoms with Gasteiger partial charge in [0.2, 0.25) is 33.3 Å². The van der Waals surface area contributed by atoms with Gasteiger partial charge in [0, 0.05) is 0 Å². The molecule has 0 aliphatic carbocycles. The highest BCUT2D eigenvalue weighted by Gasteiger charge is 2.62. The van der Waals surface area contributed by atoms with Gasteiger partial charge in [-0.25, -0.2) is 18.3 Å². The smallest absolute Gasteiger partial charge is 0.329 e. The SMILES string of the molecule is CC(C)[Si](C)(C)OP1(=O)OP(=O)(O[Si](C)(C)C(C)C)OP(=O)(O[Si](C)(C)C(C)C)OP(=O)(O[Si](C)(C)C(C)C)O1. The highest BCUT2D eigenvalue weighted by Crippen LogP contribution is 2.85. The minimum absolute atomic E-state index is 0.117. The highest BCUT2D eigenvalue weighted by molar-refractivity contribution is 7.77. The van der Waals surface area contributed by atoms with Crippen molar-refractivity contribution in [2.24, 2.45) is 0 Å². The van der Waals surface area contributed by atoms with E-state index in [1.807, 2.05) is 55.4 Å². The Kier molecular flexibility index (Phi) is 12.9. The lowest BCUT2D eigenvalue weighted by atomic mass is 10.6. The summed E-state index contributed by atoms with van der Waals surface area (Å²) in [4.78, 5) is 0. The average molecular weight is 721 g/mol. The van der Waals surface area contributed by atoms with E-state index in [0.717, 1.165) is 0 Å². The maximum atomic E-state index is 14.3. The molecule has 1 aliphatic rings. The van der Waals surface area contributed by atoms with Crippen molar-refractivity contribution in [3.8, 4) is 0 Å². The first kappa shape index (κ1) is 39.5. The Morgan fingerprint density at radius 1 is 0.375 bits per heavy atom. The molecule has 0 spiro atoms. The summed E-state index contributed by atoms with van der Waals surface area (Å²) in [6, 6.07) is 0. The topological polar surface area (TPSA) is 142 Å². The zero-order valence-corrected chi connectivity index (χ0v) is 34.6. The van der Waals surface area contributed by atoms with Gasteiger partial charge in [-0.15, -0.1) is 0 Å². The van der Waals surface area contributed by atoms with Crippen molar-refractivity contribution in [2.75, 3.05) is 0 Å². The Hall–Kier alpha value is 1.47. The predicted octanol–water partition coefficient (Wildman–Crippen LogP) is 11.0. The van der Waals surface area contributed by atoms with Gasteiger partial charge in [-0.1, -0.05) is 55.4 Å². The van der Waals surface area contributed by atoms with Crippen molar-refractivity contribution in [1.29, 1.82) is 0 Å². The van der Waals surface area contributed by atoms with Crippen molar-refractivity contribution < 1.29 is 52.4 Å². The van der Waals surface area contributed by atoms with Crippen LogP contribution in [0, 0.1) is 0 Å². The Bertz CT molecular complexity index is 901. The van der Waals surface area contributed by atoms with Gasteiger partial charge < -0.3 is 16.9 Å². The van der Waals surface area contributed by atoms with Gasteiger partial charge in [-0.2, -0.15) is 17.2 Å². The second kappa shape index (κ2) is 13.1. The molecule has 1 saturated heterocycles. The molecule has 0 amide bonds. The summed E-state index contributed by atoms with van der Waals surface area (Å²) in [5.74, 6) is 0. The summed E-state index contributed by atoms with van der Waals surface area (Å²) >= 11 is 0. The first-order chi connectivity index (χ1) is 17.4. The monoisotopic (exact) mass is 720 g/mol. The average Bonchev–Trinajstić information content (AvgIpc) is 2.62. The molecule has 12 nitrogen and oxygen atoms in total. The molecule has 40 heavy (non-hydrogen) atoms. The van der Waals surface area contributed by atoms with Crippen LogP contribution in [0.1, 0.15) is 55.4 Å². The number of phosphoric acid groups is 4. The van der Waals surface area contributed by atoms with E-state index in [1.165, 1.54) is 0 Å². The molecule has 1 rings (SSSR count). The standard InChI is InChI=1S/C20H52O12P4Si4/c1-17(2)37(9,10)29-33(21)25-34(22,30-38(11,12)18(3)4)27-36(24,32-40(15,16)20(7)8)28-35(23,26-33)31-39(13,14)19(5)6/h17-20H,1-16H3. The fraction of sp³-hybridized carbons (Fsp3) is 1.00. The van der Waals surface area contributed by atoms with Gasteiger partial charge in [0.1, 0.15) is 0 Å². The molecule has 0 radical (unpaired) electrons. The van der Waals surface area contributed by atoms with Gasteiger partial charge in [-0.3, -0.25) is 0 Å². The van der Waals surface area contributed by atoms with Crippen molar-refractivity contribution >= 4 is 64.6 Å². The number of hydrogen-bond acceptors (Lipinski definition) is 12. The molecule has 240 valence electrons. The van der Waals surface area contributed by atoms with Crippen LogP contribution >= 0.6 is 31.3 Å². The second-order valence-corrected chi connectivity index (χ2v) is 40.1. The zero-order valence-electron chi connectivity index (χ0n) is 27.0. The summed E-state index contributed by atoms with van der Waals surface area (Å²) in [5.41, 5.74) is -0.468. The lowest BCUT2D eigenvalue weighted by Gasteiger charge is -2.40. The van der Waals surface area contributed by atoms with E-state index in [1.54, 1.807) is 52.4 Å². The van der Waals surface area contributed by atoms with E-state index in [0.29, 0.717) is 0 Å². The fourth-order valence-corrected chi connectivity index (χ4v) is 23.8. The number of hydrogen-bond donors (Lipinski definition) is 0. The Morgan fingerprint density at radius 3 is 0.600 bits per heavy atom. The van der Waals surface area contributed by atoms with Crippen LogP contribution in [0.25, 0.3) is 0 Å². The summed E-state index contributed by atoms with van der Waals surface area (Å²) in [6.45, 7) is 28.8. The zero-order chi connectivity index (χ0) is 32.0. The van der Waals surface area contributed by atoms with Crippen LogP contribution < -0.4 is 0 Å². The molecule has 0 N–H and O–H groups in total. The van der Waals surface area contributed by atoms with Gasteiger partial charge in [0.05, 0.1) is 0 Å². The van der Waals surface area contributed by atoms with Crippen LogP contribution in [0.15, 0.2) is 0 Å². The highest BCUT2D eigenvalue weighted by atomic mass is 31.3. The first-order valence-corrected chi connectivity index (χ1v) is 31.3. The lowest BCUT2D eigenvalue weighted by molar-refractivity contribution is 0.170.